The van der Waals surface area contributed by atoms with E-state index in [-0.39, 0.29) is 0 Å². The highest BCUT2D eigenvalue weighted by Crippen LogP contribution is 2.22. The molecule has 0 spiro atoms. The van der Waals surface area contributed by atoms with Crippen LogP contribution in [-0.2, 0) is 13.6 Å². The first-order chi connectivity index (χ1) is 8.24. The molecule has 0 amide bonds. The number of nitrogens with zero attached hydrogens (tertiary/aromatic N) is 3. The van der Waals surface area contributed by atoms with Gasteiger partial charge in [0, 0.05) is 30.4 Å². The number of hydrogen-bond acceptors (Lipinski definition) is 2. The number of benzene rings is 1. The summed E-state index contributed by atoms with van der Waals surface area (Å²) in [5.74, 6) is 0. The highest BCUT2D eigenvalue weighted by atomic mass is 15.2. The number of para-hydroxylation sites is 1. The van der Waals surface area contributed by atoms with Gasteiger partial charge in [-0.25, -0.2) is 0 Å². The third-order valence-corrected chi connectivity index (χ3v) is 2.93. The lowest BCUT2D eigenvalue weighted by Crippen LogP contribution is -1.99. The molecule has 2 N–H and O–H groups in total. The maximum atomic E-state index is 6.02. The fourth-order valence-electron chi connectivity index (χ4n) is 2.17. The van der Waals surface area contributed by atoms with Gasteiger partial charge in [-0.3, -0.25) is 4.68 Å². The zero-order valence-electron chi connectivity index (χ0n) is 9.67. The molecule has 3 rings (SSSR count). The normalized spacial score (nSPS) is 11.1. The molecule has 17 heavy (non-hydrogen) atoms. The van der Waals surface area contributed by atoms with Crippen LogP contribution in [0.25, 0.3) is 10.9 Å². The summed E-state index contributed by atoms with van der Waals surface area (Å²) in [5.41, 5.74) is 9.10. The van der Waals surface area contributed by atoms with Crippen LogP contribution in [0.3, 0.4) is 0 Å². The maximum absolute atomic E-state index is 6.02. The average molecular weight is 226 g/mol. The van der Waals surface area contributed by atoms with Crippen LogP contribution in [0, 0.1) is 0 Å². The van der Waals surface area contributed by atoms with E-state index in [1.54, 1.807) is 0 Å². The lowest BCUT2D eigenvalue weighted by molar-refractivity contribution is 0.764. The number of aromatic nitrogens is 3. The van der Waals surface area contributed by atoms with Gasteiger partial charge >= 0.3 is 0 Å². The van der Waals surface area contributed by atoms with Crippen LogP contribution in [0.5, 0.6) is 0 Å². The van der Waals surface area contributed by atoms with E-state index in [4.69, 9.17) is 5.73 Å². The Morgan fingerprint density at radius 3 is 2.94 bits per heavy atom. The van der Waals surface area contributed by atoms with Gasteiger partial charge in [0.25, 0.3) is 0 Å². The molecular formula is C13H14N4. The number of nitrogen functional groups attached to an aromatic ring is 1. The van der Waals surface area contributed by atoms with Gasteiger partial charge in [0.05, 0.1) is 23.9 Å². The van der Waals surface area contributed by atoms with Crippen molar-refractivity contribution in [3.05, 3.63) is 48.4 Å². The minimum Gasteiger partial charge on any atom is -0.397 e. The minimum absolute atomic E-state index is 0.797. The topological polar surface area (TPSA) is 48.8 Å². The van der Waals surface area contributed by atoms with Crippen LogP contribution >= 0.6 is 0 Å². The molecule has 0 unspecified atom stereocenters. The second-order valence-electron chi connectivity index (χ2n) is 4.25. The van der Waals surface area contributed by atoms with Crippen LogP contribution in [0.1, 0.15) is 5.56 Å². The number of fused-ring (bicyclic) bond motifs is 1. The van der Waals surface area contributed by atoms with Crippen LogP contribution < -0.4 is 5.73 Å². The lowest BCUT2D eigenvalue weighted by atomic mass is 10.2. The van der Waals surface area contributed by atoms with Crippen molar-refractivity contribution in [2.24, 2.45) is 7.05 Å². The predicted octanol–water partition coefficient (Wildman–Crippen LogP) is 2.01. The van der Waals surface area contributed by atoms with E-state index in [2.05, 4.69) is 28.0 Å². The van der Waals surface area contributed by atoms with Crippen LogP contribution in [-0.4, -0.2) is 14.3 Å². The van der Waals surface area contributed by atoms with Crippen molar-refractivity contribution < 1.29 is 0 Å². The summed E-state index contributed by atoms with van der Waals surface area (Å²) < 4.78 is 3.96. The largest absolute Gasteiger partial charge is 0.397 e. The monoisotopic (exact) mass is 226 g/mol. The molecule has 4 heteroatoms. The summed E-state index contributed by atoms with van der Waals surface area (Å²) in [6, 6.07) is 8.07. The Morgan fingerprint density at radius 1 is 1.29 bits per heavy atom. The fourth-order valence-corrected chi connectivity index (χ4v) is 2.17. The van der Waals surface area contributed by atoms with Crippen LogP contribution in [0.4, 0.5) is 5.69 Å². The fraction of sp³-hybridized carbons (Fsp3) is 0.154. The standard InChI is InChI=1S/C13H14N4/c1-16-8-10(7-15-16)9-17-6-5-11-3-2-4-12(14)13(11)17/h2-8H,9,14H2,1H3. The Kier molecular flexibility index (Phi) is 2.14. The summed E-state index contributed by atoms with van der Waals surface area (Å²) in [6.45, 7) is 0.797. The van der Waals surface area contributed by atoms with Gasteiger partial charge in [-0.15, -0.1) is 0 Å². The van der Waals surface area contributed by atoms with E-state index in [1.807, 2.05) is 36.3 Å². The van der Waals surface area contributed by atoms with Crippen molar-refractivity contribution in [3.63, 3.8) is 0 Å². The second-order valence-corrected chi connectivity index (χ2v) is 4.25. The average Bonchev–Trinajstić information content (AvgIpc) is 2.88. The number of nitrogens with two attached hydrogens (primary N) is 1. The quantitative estimate of drug-likeness (QED) is 0.679. The first kappa shape index (κ1) is 9.96. The Labute approximate surface area is 99.3 Å². The Balaban J connectivity index is 2.06. The SMILES string of the molecule is Cn1cc(Cn2ccc3cccc(N)c32)cn1. The van der Waals surface area contributed by atoms with E-state index in [0.29, 0.717) is 0 Å². The highest BCUT2D eigenvalue weighted by molar-refractivity contribution is 5.90. The zero-order valence-corrected chi connectivity index (χ0v) is 9.67. The van der Waals surface area contributed by atoms with Crippen molar-refractivity contribution in [1.29, 1.82) is 0 Å². The van der Waals surface area contributed by atoms with E-state index in [1.165, 1.54) is 10.9 Å². The third kappa shape index (κ3) is 1.67. The van der Waals surface area contributed by atoms with Crippen molar-refractivity contribution in [1.82, 2.24) is 14.3 Å². The molecule has 0 saturated carbocycles. The molecule has 0 aliphatic heterocycles. The Hall–Kier alpha value is -2.23. The summed E-state index contributed by atoms with van der Waals surface area (Å²) in [5, 5.41) is 5.35. The smallest absolute Gasteiger partial charge is 0.0717 e. The van der Waals surface area contributed by atoms with Crippen molar-refractivity contribution >= 4 is 16.6 Å². The molecule has 0 aliphatic carbocycles. The molecule has 4 nitrogen and oxygen atoms in total. The molecule has 0 atom stereocenters. The predicted molar refractivity (Wildman–Crippen MR) is 68.7 cm³/mol. The van der Waals surface area contributed by atoms with Gasteiger partial charge in [-0.05, 0) is 12.1 Å². The molecule has 0 bridgehead atoms. The van der Waals surface area contributed by atoms with E-state index < -0.39 is 0 Å². The molecule has 1 aromatic carbocycles. The molecule has 0 fully saturated rings. The summed E-state index contributed by atoms with van der Waals surface area (Å²) in [6.07, 6.45) is 5.96. The van der Waals surface area contributed by atoms with E-state index in [9.17, 15) is 0 Å². The molecule has 2 aromatic heterocycles. The van der Waals surface area contributed by atoms with Gasteiger partial charge in [0.2, 0.25) is 0 Å². The second kappa shape index (κ2) is 3.66. The number of aryl methyl sites for hydroxylation is 1. The first-order valence-electron chi connectivity index (χ1n) is 5.55. The molecule has 0 saturated heterocycles. The molecule has 0 aliphatic rings. The molecular weight excluding hydrogens is 212 g/mol. The van der Waals surface area contributed by atoms with Gasteiger partial charge in [-0.1, -0.05) is 12.1 Å². The lowest BCUT2D eigenvalue weighted by Gasteiger charge is -2.05. The zero-order chi connectivity index (χ0) is 11.8. The highest BCUT2D eigenvalue weighted by Gasteiger charge is 2.05. The number of anilines is 1. The maximum Gasteiger partial charge on any atom is 0.0717 e. The third-order valence-electron chi connectivity index (χ3n) is 2.93. The molecule has 3 aromatic rings. The number of rotatable bonds is 2. The summed E-state index contributed by atoms with van der Waals surface area (Å²) >= 11 is 0. The van der Waals surface area contributed by atoms with Crippen molar-refractivity contribution in [2.45, 2.75) is 6.54 Å². The minimum atomic E-state index is 0.797. The summed E-state index contributed by atoms with van der Waals surface area (Å²) in [4.78, 5) is 0. The van der Waals surface area contributed by atoms with Crippen molar-refractivity contribution in [3.8, 4) is 0 Å². The van der Waals surface area contributed by atoms with Gasteiger partial charge in [0.1, 0.15) is 0 Å². The van der Waals surface area contributed by atoms with Gasteiger partial charge < -0.3 is 10.3 Å². The van der Waals surface area contributed by atoms with E-state index >= 15 is 0 Å². The van der Waals surface area contributed by atoms with E-state index in [0.717, 1.165) is 17.7 Å². The summed E-state index contributed by atoms with van der Waals surface area (Å²) in [7, 11) is 1.92. The Bertz CT molecular complexity index is 663. The van der Waals surface area contributed by atoms with Crippen LogP contribution in [0.2, 0.25) is 0 Å². The van der Waals surface area contributed by atoms with Gasteiger partial charge in [-0.2, -0.15) is 5.10 Å². The first-order valence-corrected chi connectivity index (χ1v) is 5.55. The number of hydrogen-bond donors (Lipinski definition) is 1. The van der Waals surface area contributed by atoms with Crippen molar-refractivity contribution in [2.75, 3.05) is 5.73 Å². The molecule has 2 heterocycles. The van der Waals surface area contributed by atoms with Gasteiger partial charge in [0.15, 0.2) is 0 Å². The Morgan fingerprint density at radius 2 is 2.18 bits per heavy atom. The van der Waals surface area contributed by atoms with Crippen LogP contribution in [0.15, 0.2) is 42.9 Å². The molecule has 0 radical (unpaired) electrons. The molecule has 86 valence electrons.